The monoisotopic (exact) mass is 420 g/mol. The van der Waals surface area contributed by atoms with Crippen LogP contribution in [0.25, 0.3) is 22.2 Å². The van der Waals surface area contributed by atoms with Gasteiger partial charge < -0.3 is 0 Å². The number of nitrogens with zero attached hydrogens (tertiary/aromatic N) is 2. The fourth-order valence-corrected chi connectivity index (χ4v) is 3.22. The van der Waals surface area contributed by atoms with E-state index < -0.39 is 28.8 Å². The summed E-state index contributed by atoms with van der Waals surface area (Å²) in [5.74, 6) is 1.81. The summed E-state index contributed by atoms with van der Waals surface area (Å²) in [4.78, 5) is 8.35. The predicted octanol–water partition coefficient (Wildman–Crippen LogP) is 6.21. The van der Waals surface area contributed by atoms with Gasteiger partial charge in [0.1, 0.15) is 11.6 Å². The van der Waals surface area contributed by atoms with Crippen molar-refractivity contribution in [3.05, 3.63) is 94.8 Å². The summed E-state index contributed by atoms with van der Waals surface area (Å²) in [5.41, 5.74) is 1.19. The SMILES string of the molecule is CCCc1cnc(-c2cc(F)c(C#Cc3ccc4c(F)c(F)ccc4c3)c(F)c2)nc1. The molecule has 154 valence electrons. The van der Waals surface area contributed by atoms with Crippen LogP contribution in [0, 0.1) is 35.1 Å². The molecule has 4 rings (SSSR count). The van der Waals surface area contributed by atoms with Crippen LogP contribution in [-0.2, 0) is 6.42 Å². The van der Waals surface area contributed by atoms with Crippen LogP contribution in [0.4, 0.5) is 17.6 Å². The van der Waals surface area contributed by atoms with Crippen molar-refractivity contribution < 1.29 is 17.6 Å². The van der Waals surface area contributed by atoms with E-state index in [0.717, 1.165) is 36.6 Å². The van der Waals surface area contributed by atoms with Gasteiger partial charge in [-0.25, -0.2) is 27.5 Å². The Labute approximate surface area is 176 Å². The van der Waals surface area contributed by atoms with Crippen LogP contribution in [-0.4, -0.2) is 9.97 Å². The lowest BCUT2D eigenvalue weighted by atomic mass is 10.1. The lowest BCUT2D eigenvalue weighted by molar-refractivity contribution is 0.517. The zero-order valence-electron chi connectivity index (χ0n) is 16.5. The van der Waals surface area contributed by atoms with Crippen molar-refractivity contribution in [3.63, 3.8) is 0 Å². The highest BCUT2D eigenvalue weighted by molar-refractivity contribution is 5.84. The van der Waals surface area contributed by atoms with Crippen LogP contribution in [0.2, 0.25) is 0 Å². The molecule has 0 aliphatic carbocycles. The summed E-state index contributed by atoms with van der Waals surface area (Å²) < 4.78 is 56.2. The van der Waals surface area contributed by atoms with E-state index in [1.54, 1.807) is 12.4 Å². The molecule has 1 aromatic heterocycles. The molecule has 4 aromatic rings. The molecule has 0 bridgehead atoms. The molecule has 0 N–H and O–H groups in total. The van der Waals surface area contributed by atoms with Gasteiger partial charge >= 0.3 is 0 Å². The van der Waals surface area contributed by atoms with Gasteiger partial charge in [0.05, 0.1) is 5.56 Å². The topological polar surface area (TPSA) is 25.8 Å². The number of benzene rings is 3. The molecule has 6 heteroatoms. The van der Waals surface area contributed by atoms with Crippen LogP contribution in [0.3, 0.4) is 0 Å². The highest BCUT2D eigenvalue weighted by atomic mass is 19.2. The molecular formula is C25H16F4N2. The standard InChI is InChI=1S/C25H16F4N2/c1-2-3-16-13-30-25(31-14-16)18-11-22(27)20(23(28)12-18)8-5-15-4-7-19-17(10-15)6-9-21(26)24(19)29/h4,6-7,9-14H,2-3H2,1H3. The van der Waals surface area contributed by atoms with E-state index in [1.807, 2.05) is 6.92 Å². The summed E-state index contributed by atoms with van der Waals surface area (Å²) in [6.07, 6.45) is 5.06. The van der Waals surface area contributed by atoms with Gasteiger partial charge in [-0.3, -0.25) is 0 Å². The van der Waals surface area contributed by atoms with Crippen LogP contribution >= 0.6 is 0 Å². The van der Waals surface area contributed by atoms with Gasteiger partial charge in [-0.15, -0.1) is 0 Å². The van der Waals surface area contributed by atoms with Gasteiger partial charge in [-0.1, -0.05) is 37.3 Å². The van der Waals surface area contributed by atoms with Crippen molar-refractivity contribution in [1.82, 2.24) is 9.97 Å². The first-order valence-corrected chi connectivity index (χ1v) is 9.66. The molecule has 0 spiro atoms. The average molecular weight is 420 g/mol. The van der Waals surface area contributed by atoms with Crippen molar-refractivity contribution in [3.8, 4) is 23.2 Å². The molecular weight excluding hydrogens is 404 g/mol. The number of fused-ring (bicyclic) bond motifs is 1. The molecule has 3 aromatic carbocycles. The molecule has 0 fully saturated rings. The minimum Gasteiger partial charge on any atom is -0.236 e. The van der Waals surface area contributed by atoms with E-state index >= 15 is 0 Å². The lowest BCUT2D eigenvalue weighted by Gasteiger charge is -2.05. The maximum absolute atomic E-state index is 14.6. The van der Waals surface area contributed by atoms with E-state index in [2.05, 4.69) is 21.8 Å². The normalized spacial score (nSPS) is 10.7. The third kappa shape index (κ3) is 4.26. The number of rotatable bonds is 3. The summed E-state index contributed by atoms with van der Waals surface area (Å²) in [7, 11) is 0. The second-order valence-electron chi connectivity index (χ2n) is 7.03. The summed E-state index contributed by atoms with van der Waals surface area (Å²) in [6, 6.07) is 9.09. The van der Waals surface area contributed by atoms with Gasteiger partial charge in [0.15, 0.2) is 17.5 Å². The third-order valence-corrected chi connectivity index (χ3v) is 4.78. The van der Waals surface area contributed by atoms with Gasteiger partial charge in [0, 0.05) is 28.9 Å². The van der Waals surface area contributed by atoms with E-state index in [-0.39, 0.29) is 16.8 Å². The minimum atomic E-state index is -0.949. The highest BCUT2D eigenvalue weighted by Crippen LogP contribution is 2.23. The van der Waals surface area contributed by atoms with Gasteiger partial charge in [0.25, 0.3) is 0 Å². The maximum atomic E-state index is 14.6. The van der Waals surface area contributed by atoms with Crippen molar-refractivity contribution in [2.45, 2.75) is 19.8 Å². The molecule has 0 atom stereocenters. The summed E-state index contributed by atoms with van der Waals surface area (Å²) >= 11 is 0. The van der Waals surface area contributed by atoms with Gasteiger partial charge in [-0.2, -0.15) is 0 Å². The van der Waals surface area contributed by atoms with E-state index in [0.29, 0.717) is 10.9 Å². The van der Waals surface area contributed by atoms with Crippen molar-refractivity contribution in [2.24, 2.45) is 0 Å². The average Bonchev–Trinajstić information content (AvgIpc) is 2.76. The Bertz CT molecular complexity index is 1310. The fourth-order valence-electron chi connectivity index (χ4n) is 3.22. The first kappa shape index (κ1) is 20.5. The second-order valence-corrected chi connectivity index (χ2v) is 7.03. The molecule has 1 heterocycles. The molecule has 0 amide bonds. The Morgan fingerprint density at radius 1 is 0.806 bits per heavy atom. The van der Waals surface area contributed by atoms with Crippen molar-refractivity contribution in [1.29, 1.82) is 0 Å². The first-order chi connectivity index (χ1) is 15.0. The second kappa shape index (κ2) is 8.57. The predicted molar refractivity (Wildman–Crippen MR) is 111 cm³/mol. The molecule has 0 saturated carbocycles. The number of hydrogen-bond donors (Lipinski definition) is 0. The summed E-state index contributed by atoms with van der Waals surface area (Å²) in [5, 5.41) is 0.544. The molecule has 2 nitrogen and oxygen atoms in total. The Kier molecular flexibility index (Phi) is 5.68. The van der Waals surface area contributed by atoms with Crippen molar-refractivity contribution in [2.75, 3.05) is 0 Å². The smallest absolute Gasteiger partial charge is 0.166 e. The zero-order valence-corrected chi connectivity index (χ0v) is 16.5. The molecule has 31 heavy (non-hydrogen) atoms. The Morgan fingerprint density at radius 2 is 1.52 bits per heavy atom. The Morgan fingerprint density at radius 3 is 2.19 bits per heavy atom. The molecule has 0 saturated heterocycles. The van der Waals surface area contributed by atoms with Crippen molar-refractivity contribution >= 4 is 10.8 Å². The number of hydrogen-bond acceptors (Lipinski definition) is 2. The third-order valence-electron chi connectivity index (χ3n) is 4.78. The lowest BCUT2D eigenvalue weighted by Crippen LogP contribution is -1.96. The van der Waals surface area contributed by atoms with Crippen LogP contribution in [0.5, 0.6) is 0 Å². The largest absolute Gasteiger partial charge is 0.236 e. The van der Waals surface area contributed by atoms with E-state index in [4.69, 9.17) is 0 Å². The number of aryl methyl sites for hydroxylation is 1. The first-order valence-electron chi connectivity index (χ1n) is 9.66. The number of halogens is 4. The fraction of sp³-hybridized carbons (Fsp3) is 0.120. The minimum absolute atomic E-state index is 0.109. The highest BCUT2D eigenvalue weighted by Gasteiger charge is 2.12. The van der Waals surface area contributed by atoms with Crippen LogP contribution < -0.4 is 0 Å². The molecule has 0 radical (unpaired) electrons. The van der Waals surface area contributed by atoms with Gasteiger partial charge in [-0.05, 0) is 47.7 Å². The Balaban J connectivity index is 1.65. The molecule has 0 unspecified atom stereocenters. The van der Waals surface area contributed by atoms with Crippen LogP contribution in [0.15, 0.2) is 54.9 Å². The van der Waals surface area contributed by atoms with E-state index in [9.17, 15) is 17.6 Å². The molecule has 0 aliphatic rings. The maximum Gasteiger partial charge on any atom is 0.166 e. The quantitative estimate of drug-likeness (QED) is 0.291. The zero-order chi connectivity index (χ0) is 22.0. The van der Waals surface area contributed by atoms with E-state index in [1.165, 1.54) is 24.3 Å². The summed E-state index contributed by atoms with van der Waals surface area (Å²) in [6.45, 7) is 2.04. The van der Waals surface area contributed by atoms with Gasteiger partial charge in [0.2, 0.25) is 0 Å². The molecule has 0 aliphatic heterocycles. The number of aromatic nitrogens is 2. The van der Waals surface area contributed by atoms with Crippen LogP contribution in [0.1, 0.15) is 30.0 Å². The Hall–Kier alpha value is -3.72.